The van der Waals surface area contributed by atoms with Gasteiger partial charge in [0, 0.05) is 11.8 Å². The molecule has 0 radical (unpaired) electrons. The van der Waals surface area contributed by atoms with Gasteiger partial charge in [-0.2, -0.15) is 0 Å². The third-order valence-corrected chi connectivity index (χ3v) is 5.38. The van der Waals surface area contributed by atoms with Crippen LogP contribution in [-0.2, 0) is 16.6 Å². The summed E-state index contributed by atoms with van der Waals surface area (Å²) >= 11 is 1.71. The van der Waals surface area contributed by atoms with Crippen LogP contribution in [0.1, 0.15) is 27.2 Å². The molecule has 20 heavy (non-hydrogen) atoms. The van der Waals surface area contributed by atoms with Gasteiger partial charge in [0.05, 0.1) is 15.9 Å². The molecule has 0 fully saturated rings. The van der Waals surface area contributed by atoms with Crippen LogP contribution in [0.5, 0.6) is 0 Å². The van der Waals surface area contributed by atoms with Crippen molar-refractivity contribution in [1.29, 1.82) is 0 Å². The zero-order valence-corrected chi connectivity index (χ0v) is 13.5. The highest BCUT2D eigenvalue weighted by Crippen LogP contribution is 2.29. The molecule has 110 valence electrons. The molecule has 0 spiro atoms. The van der Waals surface area contributed by atoms with Crippen molar-refractivity contribution in [2.24, 2.45) is 5.14 Å². The molecule has 2 aromatic rings. The summed E-state index contributed by atoms with van der Waals surface area (Å²) in [6.07, 6.45) is 1.06. The lowest BCUT2D eigenvalue weighted by molar-refractivity contribution is 0.598. The van der Waals surface area contributed by atoms with Crippen LogP contribution >= 0.6 is 11.8 Å². The van der Waals surface area contributed by atoms with Crippen LogP contribution < -0.4 is 5.14 Å². The monoisotopic (exact) mass is 313 g/mol. The lowest BCUT2D eigenvalue weighted by Gasteiger charge is -2.09. The van der Waals surface area contributed by atoms with Crippen molar-refractivity contribution in [2.45, 2.75) is 49.0 Å². The SMILES string of the molecule is CCC(C)Sc1nc2cc(S(N)(=O)=O)ccc2n1CC. The first-order valence-electron chi connectivity index (χ1n) is 6.56. The number of sulfonamides is 1. The molecular formula is C13H19N3O2S2. The highest BCUT2D eigenvalue weighted by Gasteiger charge is 2.15. The zero-order valence-electron chi connectivity index (χ0n) is 11.8. The van der Waals surface area contributed by atoms with E-state index in [2.05, 4.69) is 30.3 Å². The van der Waals surface area contributed by atoms with Crippen LogP contribution in [-0.4, -0.2) is 23.2 Å². The average molecular weight is 313 g/mol. The molecule has 0 amide bonds. The molecule has 0 saturated carbocycles. The third kappa shape index (κ3) is 2.99. The molecule has 1 atom stereocenters. The minimum absolute atomic E-state index is 0.103. The Kier molecular flexibility index (Phi) is 4.41. The molecule has 2 N–H and O–H groups in total. The number of aryl methyl sites for hydroxylation is 1. The van der Waals surface area contributed by atoms with E-state index in [4.69, 9.17) is 5.14 Å². The van der Waals surface area contributed by atoms with Gasteiger partial charge in [0.25, 0.3) is 0 Å². The van der Waals surface area contributed by atoms with Crippen molar-refractivity contribution in [3.63, 3.8) is 0 Å². The maximum Gasteiger partial charge on any atom is 0.238 e. The van der Waals surface area contributed by atoms with Crippen LogP contribution in [0.4, 0.5) is 0 Å². The highest BCUT2D eigenvalue weighted by molar-refractivity contribution is 7.99. The molecule has 1 aromatic heterocycles. The van der Waals surface area contributed by atoms with Crippen LogP contribution in [0, 0.1) is 0 Å². The molecule has 0 aliphatic heterocycles. The normalized spacial score (nSPS) is 13.8. The van der Waals surface area contributed by atoms with Crippen LogP contribution in [0.15, 0.2) is 28.3 Å². The van der Waals surface area contributed by atoms with Crippen molar-refractivity contribution in [3.05, 3.63) is 18.2 Å². The van der Waals surface area contributed by atoms with Crippen LogP contribution in [0.3, 0.4) is 0 Å². The van der Waals surface area contributed by atoms with Crippen molar-refractivity contribution in [2.75, 3.05) is 0 Å². The van der Waals surface area contributed by atoms with Gasteiger partial charge in [0.1, 0.15) is 0 Å². The van der Waals surface area contributed by atoms with Gasteiger partial charge in [-0.15, -0.1) is 0 Å². The highest BCUT2D eigenvalue weighted by atomic mass is 32.2. The number of hydrogen-bond acceptors (Lipinski definition) is 4. The Morgan fingerprint density at radius 3 is 2.65 bits per heavy atom. The summed E-state index contributed by atoms with van der Waals surface area (Å²) < 4.78 is 24.9. The van der Waals surface area contributed by atoms with E-state index in [1.54, 1.807) is 17.8 Å². The Bertz CT molecular complexity index is 723. The molecule has 0 saturated heterocycles. The second kappa shape index (κ2) is 5.75. The standard InChI is InChI=1S/C13H19N3O2S2/c1-4-9(3)19-13-15-11-8-10(20(14,17)18)6-7-12(11)16(13)5-2/h6-9H,4-5H2,1-3H3,(H2,14,17,18). The fourth-order valence-electron chi connectivity index (χ4n) is 1.92. The van der Waals surface area contributed by atoms with E-state index in [-0.39, 0.29) is 4.90 Å². The number of nitrogens with two attached hydrogens (primary N) is 1. The van der Waals surface area contributed by atoms with Crippen LogP contribution in [0.25, 0.3) is 11.0 Å². The first-order chi connectivity index (χ1) is 9.36. The second-order valence-electron chi connectivity index (χ2n) is 4.67. The summed E-state index contributed by atoms with van der Waals surface area (Å²) in [5, 5.41) is 6.55. The number of fused-ring (bicyclic) bond motifs is 1. The Balaban J connectivity index is 2.56. The molecular weight excluding hydrogens is 294 g/mol. The molecule has 1 heterocycles. The Morgan fingerprint density at radius 2 is 2.10 bits per heavy atom. The van der Waals surface area contributed by atoms with E-state index >= 15 is 0 Å². The average Bonchev–Trinajstić information content (AvgIpc) is 2.73. The van der Waals surface area contributed by atoms with Gasteiger partial charge in [0.15, 0.2) is 5.16 Å². The number of nitrogens with zero attached hydrogens (tertiary/aromatic N) is 2. The predicted molar refractivity (Wildman–Crippen MR) is 82.4 cm³/mol. The van der Waals surface area contributed by atoms with Gasteiger partial charge < -0.3 is 4.57 Å². The summed E-state index contributed by atoms with van der Waals surface area (Å²) in [6.45, 7) is 7.13. The largest absolute Gasteiger partial charge is 0.319 e. The van der Waals surface area contributed by atoms with Gasteiger partial charge in [-0.05, 0) is 31.5 Å². The third-order valence-electron chi connectivity index (χ3n) is 3.21. The Morgan fingerprint density at radius 1 is 1.40 bits per heavy atom. The van der Waals surface area contributed by atoms with E-state index in [1.807, 2.05) is 0 Å². The zero-order chi connectivity index (χ0) is 14.9. The minimum Gasteiger partial charge on any atom is -0.319 e. The van der Waals surface area contributed by atoms with Gasteiger partial charge in [-0.1, -0.05) is 25.6 Å². The first-order valence-corrected chi connectivity index (χ1v) is 8.99. The molecule has 7 heteroatoms. The smallest absolute Gasteiger partial charge is 0.238 e. The van der Waals surface area contributed by atoms with Gasteiger partial charge >= 0.3 is 0 Å². The number of hydrogen-bond donors (Lipinski definition) is 1. The quantitative estimate of drug-likeness (QED) is 0.861. The van der Waals surface area contributed by atoms with Gasteiger partial charge in [-0.3, -0.25) is 0 Å². The fraction of sp³-hybridized carbons (Fsp3) is 0.462. The van der Waals surface area contributed by atoms with E-state index in [9.17, 15) is 8.42 Å². The molecule has 1 aromatic carbocycles. The maximum absolute atomic E-state index is 11.4. The first kappa shape index (κ1) is 15.3. The minimum atomic E-state index is -3.69. The molecule has 0 aliphatic carbocycles. The molecule has 2 rings (SSSR count). The van der Waals surface area contributed by atoms with Gasteiger partial charge in [0.2, 0.25) is 10.0 Å². The van der Waals surface area contributed by atoms with Crippen molar-refractivity contribution in [3.8, 4) is 0 Å². The molecule has 0 aliphatic rings. The number of aromatic nitrogens is 2. The Labute approximate surface area is 123 Å². The van der Waals surface area contributed by atoms with E-state index < -0.39 is 10.0 Å². The summed E-state index contributed by atoms with van der Waals surface area (Å²) in [7, 11) is -3.69. The lowest BCUT2D eigenvalue weighted by atomic mass is 10.3. The maximum atomic E-state index is 11.4. The number of benzene rings is 1. The summed E-state index contributed by atoms with van der Waals surface area (Å²) in [6, 6.07) is 4.84. The number of thioether (sulfide) groups is 1. The molecule has 1 unspecified atom stereocenters. The molecule has 5 nitrogen and oxygen atoms in total. The number of rotatable bonds is 5. The second-order valence-corrected chi connectivity index (χ2v) is 7.64. The lowest BCUT2D eigenvalue weighted by Crippen LogP contribution is -2.11. The summed E-state index contributed by atoms with van der Waals surface area (Å²) in [4.78, 5) is 4.65. The van der Waals surface area contributed by atoms with Crippen LogP contribution in [0.2, 0.25) is 0 Å². The Hall–Kier alpha value is -1.05. The summed E-state index contributed by atoms with van der Waals surface area (Å²) in [5.41, 5.74) is 1.61. The molecule has 0 bridgehead atoms. The predicted octanol–water partition coefficient (Wildman–Crippen LogP) is 2.59. The van der Waals surface area contributed by atoms with Crippen molar-refractivity contribution in [1.82, 2.24) is 9.55 Å². The fourth-order valence-corrected chi connectivity index (χ4v) is 3.49. The number of primary sulfonamides is 1. The van der Waals surface area contributed by atoms with Crippen molar-refractivity contribution < 1.29 is 8.42 Å². The van der Waals surface area contributed by atoms with Gasteiger partial charge in [-0.25, -0.2) is 18.5 Å². The topological polar surface area (TPSA) is 78.0 Å². The van der Waals surface area contributed by atoms with E-state index in [0.29, 0.717) is 10.8 Å². The van der Waals surface area contributed by atoms with Crippen molar-refractivity contribution >= 4 is 32.8 Å². The van der Waals surface area contributed by atoms with E-state index in [1.165, 1.54) is 12.1 Å². The summed E-state index contributed by atoms with van der Waals surface area (Å²) in [5.74, 6) is 0. The number of imidazole rings is 1. The van der Waals surface area contributed by atoms with E-state index in [0.717, 1.165) is 23.6 Å².